The van der Waals surface area contributed by atoms with E-state index >= 15 is 0 Å². The average molecular weight is 400 g/mol. The van der Waals surface area contributed by atoms with Gasteiger partial charge in [0.2, 0.25) is 0 Å². The molecule has 0 N–H and O–H groups in total. The summed E-state index contributed by atoms with van der Waals surface area (Å²) in [5.41, 5.74) is 5.54. The first kappa shape index (κ1) is 19.6. The Labute approximate surface area is 175 Å². The maximum Gasteiger partial charge on any atom is 0.254 e. The number of carbonyl (C=O) groups is 1. The van der Waals surface area contributed by atoms with Crippen LogP contribution in [0.3, 0.4) is 0 Å². The lowest BCUT2D eigenvalue weighted by molar-refractivity contribution is 0.0726. The van der Waals surface area contributed by atoms with Crippen LogP contribution in [0.25, 0.3) is 5.69 Å². The van der Waals surface area contributed by atoms with Crippen LogP contribution in [0.15, 0.2) is 67.1 Å². The van der Waals surface area contributed by atoms with Crippen molar-refractivity contribution >= 4 is 5.91 Å². The molecule has 3 heterocycles. The van der Waals surface area contributed by atoms with Crippen molar-refractivity contribution in [1.82, 2.24) is 29.4 Å². The Morgan fingerprint density at radius 1 is 0.967 bits per heavy atom. The number of pyridine rings is 1. The Morgan fingerprint density at radius 2 is 1.70 bits per heavy atom. The molecule has 0 spiro atoms. The molecule has 0 radical (unpaired) electrons. The van der Waals surface area contributed by atoms with Crippen LogP contribution in [0.1, 0.15) is 33.0 Å². The predicted molar refractivity (Wildman–Crippen MR) is 114 cm³/mol. The zero-order valence-electron chi connectivity index (χ0n) is 17.4. The summed E-state index contributed by atoms with van der Waals surface area (Å²) in [6, 6.07) is 15.4. The van der Waals surface area contributed by atoms with Gasteiger partial charge in [0.25, 0.3) is 5.91 Å². The van der Waals surface area contributed by atoms with Crippen LogP contribution in [-0.4, -0.2) is 35.4 Å². The summed E-state index contributed by atoms with van der Waals surface area (Å²) in [6.45, 7) is 4.89. The highest BCUT2D eigenvalue weighted by molar-refractivity contribution is 5.94. The van der Waals surface area contributed by atoms with Crippen molar-refractivity contribution < 1.29 is 4.79 Å². The molecule has 3 aromatic heterocycles. The van der Waals surface area contributed by atoms with Gasteiger partial charge in [0.1, 0.15) is 0 Å². The summed E-state index contributed by atoms with van der Waals surface area (Å²) in [5, 5.41) is 8.98. The number of nitrogens with zero attached hydrogens (tertiary/aromatic N) is 6. The highest BCUT2D eigenvalue weighted by Gasteiger charge is 2.22. The summed E-state index contributed by atoms with van der Waals surface area (Å²) in [6.07, 6.45) is 5.04. The number of rotatable bonds is 6. The number of carbonyl (C=O) groups excluding carboxylic acids is 1. The number of hydrogen-bond acceptors (Lipinski definition) is 4. The molecule has 0 aliphatic rings. The second kappa shape index (κ2) is 8.32. The summed E-state index contributed by atoms with van der Waals surface area (Å²) < 4.78 is 3.73. The fraction of sp³-hybridized carbons (Fsp3) is 0.217. The molecule has 1 aromatic carbocycles. The molecular weight excluding hydrogens is 376 g/mol. The lowest BCUT2D eigenvalue weighted by atomic mass is 10.1. The molecule has 0 unspecified atom stereocenters. The third-order valence-electron chi connectivity index (χ3n) is 5.30. The van der Waals surface area contributed by atoms with E-state index in [1.807, 2.05) is 71.6 Å². The minimum absolute atomic E-state index is 0.0548. The molecule has 0 atom stereocenters. The van der Waals surface area contributed by atoms with Crippen molar-refractivity contribution in [3.63, 3.8) is 0 Å². The molecular formula is C23H24N6O. The van der Waals surface area contributed by atoms with Crippen LogP contribution >= 0.6 is 0 Å². The van der Waals surface area contributed by atoms with Gasteiger partial charge >= 0.3 is 0 Å². The van der Waals surface area contributed by atoms with Crippen LogP contribution < -0.4 is 0 Å². The number of amides is 1. The first-order valence-electron chi connectivity index (χ1n) is 9.81. The zero-order chi connectivity index (χ0) is 21.1. The van der Waals surface area contributed by atoms with E-state index in [1.54, 1.807) is 30.7 Å². The van der Waals surface area contributed by atoms with Crippen LogP contribution in [0, 0.1) is 13.8 Å². The van der Waals surface area contributed by atoms with Crippen molar-refractivity contribution in [2.45, 2.75) is 26.9 Å². The van der Waals surface area contributed by atoms with Crippen LogP contribution in [-0.2, 0) is 20.1 Å². The van der Waals surface area contributed by atoms with E-state index in [2.05, 4.69) is 15.2 Å². The monoisotopic (exact) mass is 400 g/mol. The van der Waals surface area contributed by atoms with Gasteiger partial charge in [-0.1, -0.05) is 18.2 Å². The minimum Gasteiger partial charge on any atom is -0.328 e. The van der Waals surface area contributed by atoms with E-state index in [-0.39, 0.29) is 5.91 Å². The molecule has 0 aliphatic carbocycles. The largest absolute Gasteiger partial charge is 0.328 e. The lowest BCUT2D eigenvalue weighted by Crippen LogP contribution is -2.31. The van der Waals surface area contributed by atoms with Gasteiger partial charge in [-0.25, -0.2) is 4.68 Å². The Morgan fingerprint density at radius 3 is 2.37 bits per heavy atom. The average Bonchev–Trinajstić information content (AvgIpc) is 3.33. The first-order valence-corrected chi connectivity index (χ1v) is 9.81. The second-order valence-electron chi connectivity index (χ2n) is 7.24. The topological polar surface area (TPSA) is 68.8 Å². The van der Waals surface area contributed by atoms with Gasteiger partial charge in [0.05, 0.1) is 30.2 Å². The highest BCUT2D eigenvalue weighted by atomic mass is 16.2. The Bertz CT molecular complexity index is 1150. The third-order valence-corrected chi connectivity index (χ3v) is 5.30. The molecule has 0 saturated heterocycles. The number of hydrogen-bond donors (Lipinski definition) is 0. The minimum atomic E-state index is -0.0548. The highest BCUT2D eigenvalue weighted by Crippen LogP contribution is 2.20. The molecule has 7 heteroatoms. The molecule has 7 nitrogen and oxygen atoms in total. The quantitative estimate of drug-likeness (QED) is 0.497. The van der Waals surface area contributed by atoms with Gasteiger partial charge in [0.15, 0.2) is 0 Å². The number of aryl methyl sites for hydroxylation is 2. The van der Waals surface area contributed by atoms with Gasteiger partial charge in [-0.15, -0.1) is 0 Å². The van der Waals surface area contributed by atoms with Crippen molar-refractivity contribution in [2.24, 2.45) is 7.05 Å². The maximum atomic E-state index is 13.4. The van der Waals surface area contributed by atoms with E-state index in [0.717, 1.165) is 28.3 Å². The van der Waals surface area contributed by atoms with Crippen LogP contribution in [0.5, 0.6) is 0 Å². The second-order valence-corrected chi connectivity index (χ2v) is 7.24. The van der Waals surface area contributed by atoms with Crippen molar-refractivity contribution in [3.05, 3.63) is 95.3 Å². The van der Waals surface area contributed by atoms with E-state index in [9.17, 15) is 4.79 Å². The van der Waals surface area contributed by atoms with Crippen LogP contribution in [0.2, 0.25) is 0 Å². The molecule has 0 fully saturated rings. The molecule has 4 aromatic rings. The fourth-order valence-electron chi connectivity index (χ4n) is 3.56. The summed E-state index contributed by atoms with van der Waals surface area (Å²) in [7, 11) is 1.92. The van der Waals surface area contributed by atoms with Gasteiger partial charge in [0, 0.05) is 42.5 Å². The third kappa shape index (κ3) is 3.87. The van der Waals surface area contributed by atoms with E-state index in [0.29, 0.717) is 18.7 Å². The lowest BCUT2D eigenvalue weighted by Gasteiger charge is -2.24. The molecule has 152 valence electrons. The SMILES string of the molecule is Cc1nn(C)c(C)c1CN(Cc1ccnn1-c1ccccc1)C(=O)c1ccncc1. The summed E-state index contributed by atoms with van der Waals surface area (Å²) >= 11 is 0. The Hall–Kier alpha value is -3.74. The van der Waals surface area contributed by atoms with Gasteiger partial charge in [-0.05, 0) is 44.2 Å². The molecule has 1 amide bonds. The van der Waals surface area contributed by atoms with Gasteiger partial charge in [-0.3, -0.25) is 14.5 Å². The predicted octanol–water partition coefficient (Wildman–Crippen LogP) is 3.46. The van der Waals surface area contributed by atoms with E-state index in [1.165, 1.54) is 0 Å². The van der Waals surface area contributed by atoms with Crippen molar-refractivity contribution in [1.29, 1.82) is 0 Å². The number of benzene rings is 1. The molecule has 0 saturated carbocycles. The van der Waals surface area contributed by atoms with E-state index in [4.69, 9.17) is 0 Å². The first-order chi connectivity index (χ1) is 14.5. The molecule has 0 bridgehead atoms. The van der Waals surface area contributed by atoms with Gasteiger partial charge < -0.3 is 4.90 Å². The molecule has 0 aliphatic heterocycles. The maximum absolute atomic E-state index is 13.4. The number of aromatic nitrogens is 5. The normalized spacial score (nSPS) is 10.9. The Balaban J connectivity index is 1.70. The van der Waals surface area contributed by atoms with Gasteiger partial charge in [-0.2, -0.15) is 10.2 Å². The van der Waals surface area contributed by atoms with Crippen molar-refractivity contribution in [3.8, 4) is 5.69 Å². The molecule has 4 rings (SSSR count). The Kier molecular flexibility index (Phi) is 5.43. The van der Waals surface area contributed by atoms with Crippen molar-refractivity contribution in [2.75, 3.05) is 0 Å². The molecule has 30 heavy (non-hydrogen) atoms. The van der Waals surface area contributed by atoms with Crippen LogP contribution in [0.4, 0.5) is 0 Å². The summed E-state index contributed by atoms with van der Waals surface area (Å²) in [5.74, 6) is -0.0548. The zero-order valence-corrected chi connectivity index (χ0v) is 17.4. The van der Waals surface area contributed by atoms with E-state index < -0.39 is 0 Å². The summed E-state index contributed by atoms with van der Waals surface area (Å²) in [4.78, 5) is 19.3. The fourth-order valence-corrected chi connectivity index (χ4v) is 3.56. The number of para-hydroxylation sites is 1. The smallest absolute Gasteiger partial charge is 0.254 e. The standard InChI is InChI=1S/C23H24N6O/c1-17-22(18(2)27(3)26-17)16-28(23(30)19-9-12-24-13-10-19)15-21-11-14-25-29(21)20-7-5-4-6-8-20/h4-14H,15-16H2,1-3H3.